The molecule has 0 bridgehead atoms. The summed E-state index contributed by atoms with van der Waals surface area (Å²) in [5.41, 5.74) is 2.62. The van der Waals surface area contributed by atoms with E-state index in [-0.39, 0.29) is 11.9 Å². The second-order valence-electron chi connectivity index (χ2n) is 5.25. The first-order valence-electron chi connectivity index (χ1n) is 7.12. The minimum Gasteiger partial charge on any atom is -0.324 e. The number of nitrogens with one attached hydrogen (secondary N) is 2. The standard InChI is InChI=1S/C14H18N6O/c1-10-5-6-11(20-9-16-18-19-20)8-13(10)17-14(21)12-4-2-3-7-15-12/h5-6,8-9,12,15H,2-4,7H2,1H3,(H,17,21)/t12-/m0/s1. The Morgan fingerprint density at radius 3 is 3.05 bits per heavy atom. The average molecular weight is 286 g/mol. The van der Waals surface area contributed by atoms with Crippen LogP contribution in [0.4, 0.5) is 5.69 Å². The Morgan fingerprint density at radius 1 is 1.43 bits per heavy atom. The molecular weight excluding hydrogens is 268 g/mol. The maximum absolute atomic E-state index is 12.3. The van der Waals surface area contributed by atoms with E-state index in [2.05, 4.69) is 26.2 Å². The second-order valence-corrected chi connectivity index (χ2v) is 5.25. The molecule has 2 N–H and O–H groups in total. The minimum atomic E-state index is -0.102. The third-order valence-corrected chi connectivity index (χ3v) is 3.72. The van der Waals surface area contributed by atoms with E-state index in [1.807, 2.05) is 25.1 Å². The van der Waals surface area contributed by atoms with E-state index in [0.717, 1.165) is 42.7 Å². The monoisotopic (exact) mass is 286 g/mol. The molecule has 1 aromatic carbocycles. The fraction of sp³-hybridized carbons (Fsp3) is 0.429. The molecule has 7 nitrogen and oxygen atoms in total. The summed E-state index contributed by atoms with van der Waals surface area (Å²) < 4.78 is 1.56. The Balaban J connectivity index is 1.78. The summed E-state index contributed by atoms with van der Waals surface area (Å²) in [5.74, 6) is 0.0201. The number of nitrogens with zero attached hydrogens (tertiary/aromatic N) is 4. The van der Waals surface area contributed by atoms with E-state index in [1.54, 1.807) is 4.68 Å². The van der Waals surface area contributed by atoms with Gasteiger partial charge in [-0.3, -0.25) is 4.79 Å². The van der Waals surface area contributed by atoms with Gasteiger partial charge >= 0.3 is 0 Å². The molecule has 1 aliphatic heterocycles. The van der Waals surface area contributed by atoms with Crippen LogP contribution in [0.2, 0.25) is 0 Å². The number of carbonyl (C=O) groups is 1. The van der Waals surface area contributed by atoms with E-state index in [4.69, 9.17) is 0 Å². The number of carbonyl (C=O) groups excluding carboxylic acids is 1. The number of aromatic nitrogens is 4. The van der Waals surface area contributed by atoms with E-state index in [0.29, 0.717) is 0 Å². The number of anilines is 1. The molecule has 0 radical (unpaired) electrons. The second kappa shape index (κ2) is 6.01. The summed E-state index contributed by atoms with van der Waals surface area (Å²) in [6.45, 7) is 2.87. The van der Waals surface area contributed by atoms with Crippen LogP contribution in [-0.2, 0) is 4.79 Å². The Morgan fingerprint density at radius 2 is 2.33 bits per heavy atom. The molecule has 3 rings (SSSR count). The van der Waals surface area contributed by atoms with Gasteiger partial charge in [-0.25, -0.2) is 4.68 Å². The van der Waals surface area contributed by atoms with Crippen molar-refractivity contribution in [2.45, 2.75) is 32.2 Å². The molecule has 1 saturated heterocycles. The normalized spacial score (nSPS) is 18.4. The highest BCUT2D eigenvalue weighted by molar-refractivity contribution is 5.95. The van der Waals surface area contributed by atoms with Crippen LogP contribution in [0.3, 0.4) is 0 Å². The van der Waals surface area contributed by atoms with Crippen molar-refractivity contribution >= 4 is 11.6 Å². The quantitative estimate of drug-likeness (QED) is 0.881. The first kappa shape index (κ1) is 13.7. The molecule has 1 aliphatic rings. The Bertz CT molecular complexity index is 618. The molecule has 0 aliphatic carbocycles. The molecule has 7 heteroatoms. The van der Waals surface area contributed by atoms with Gasteiger partial charge in [-0.05, 0) is 54.4 Å². The minimum absolute atomic E-state index is 0.0201. The number of benzene rings is 1. The van der Waals surface area contributed by atoms with Gasteiger partial charge in [-0.1, -0.05) is 12.5 Å². The third kappa shape index (κ3) is 3.08. The Hall–Kier alpha value is -2.28. The molecule has 110 valence electrons. The van der Waals surface area contributed by atoms with Crippen LogP contribution in [0.1, 0.15) is 24.8 Å². The molecule has 1 amide bonds. The van der Waals surface area contributed by atoms with Crippen LogP contribution in [0, 0.1) is 6.92 Å². The zero-order valence-corrected chi connectivity index (χ0v) is 11.9. The molecule has 1 aromatic heterocycles. The lowest BCUT2D eigenvalue weighted by atomic mass is 10.0. The maximum Gasteiger partial charge on any atom is 0.241 e. The zero-order valence-electron chi connectivity index (χ0n) is 11.9. The highest BCUT2D eigenvalue weighted by atomic mass is 16.2. The van der Waals surface area contributed by atoms with E-state index < -0.39 is 0 Å². The lowest BCUT2D eigenvalue weighted by Crippen LogP contribution is -2.43. The SMILES string of the molecule is Cc1ccc(-n2cnnn2)cc1NC(=O)[C@@H]1CCCCN1. The fourth-order valence-electron chi connectivity index (χ4n) is 2.46. The zero-order chi connectivity index (χ0) is 14.7. The van der Waals surface area contributed by atoms with E-state index in [9.17, 15) is 4.79 Å². The Kier molecular flexibility index (Phi) is 3.92. The summed E-state index contributed by atoms with van der Waals surface area (Å²) in [4.78, 5) is 12.3. The maximum atomic E-state index is 12.3. The van der Waals surface area contributed by atoms with Crippen LogP contribution in [0.15, 0.2) is 24.5 Å². The van der Waals surface area contributed by atoms with Gasteiger partial charge in [-0.15, -0.1) is 5.10 Å². The highest BCUT2D eigenvalue weighted by Gasteiger charge is 2.21. The van der Waals surface area contributed by atoms with Crippen LogP contribution in [-0.4, -0.2) is 38.7 Å². The number of tetrazole rings is 1. The number of aryl methyl sites for hydroxylation is 1. The molecule has 1 fully saturated rings. The largest absolute Gasteiger partial charge is 0.324 e. The molecule has 2 aromatic rings. The summed E-state index contributed by atoms with van der Waals surface area (Å²) >= 11 is 0. The van der Waals surface area contributed by atoms with Gasteiger partial charge in [-0.2, -0.15) is 0 Å². The van der Waals surface area contributed by atoms with Crippen molar-refractivity contribution in [2.24, 2.45) is 0 Å². The van der Waals surface area contributed by atoms with Gasteiger partial charge in [0.25, 0.3) is 0 Å². The number of piperidine rings is 1. The summed E-state index contributed by atoms with van der Waals surface area (Å²) in [6.07, 6.45) is 4.64. The van der Waals surface area contributed by atoms with Gasteiger partial charge in [0.1, 0.15) is 6.33 Å². The molecule has 2 heterocycles. The van der Waals surface area contributed by atoms with Crippen molar-refractivity contribution in [3.05, 3.63) is 30.1 Å². The van der Waals surface area contributed by atoms with Crippen molar-refractivity contribution in [3.8, 4) is 5.69 Å². The average Bonchev–Trinajstić information content (AvgIpc) is 3.04. The lowest BCUT2D eigenvalue weighted by Gasteiger charge is -2.23. The first-order chi connectivity index (χ1) is 10.2. The third-order valence-electron chi connectivity index (χ3n) is 3.72. The van der Waals surface area contributed by atoms with E-state index in [1.165, 1.54) is 6.33 Å². The van der Waals surface area contributed by atoms with Crippen molar-refractivity contribution in [1.29, 1.82) is 0 Å². The van der Waals surface area contributed by atoms with Crippen molar-refractivity contribution in [3.63, 3.8) is 0 Å². The molecule has 0 saturated carbocycles. The van der Waals surface area contributed by atoms with Crippen LogP contribution in [0.5, 0.6) is 0 Å². The van der Waals surface area contributed by atoms with Gasteiger partial charge in [0, 0.05) is 5.69 Å². The lowest BCUT2D eigenvalue weighted by molar-refractivity contribution is -0.118. The van der Waals surface area contributed by atoms with Crippen LogP contribution < -0.4 is 10.6 Å². The van der Waals surface area contributed by atoms with E-state index >= 15 is 0 Å². The molecule has 0 unspecified atom stereocenters. The molecular formula is C14H18N6O. The van der Waals surface area contributed by atoms with Gasteiger partial charge in [0.15, 0.2) is 0 Å². The molecule has 0 spiro atoms. The predicted molar refractivity (Wildman–Crippen MR) is 78.2 cm³/mol. The molecule has 21 heavy (non-hydrogen) atoms. The Labute approximate surface area is 122 Å². The highest BCUT2D eigenvalue weighted by Crippen LogP contribution is 2.20. The van der Waals surface area contributed by atoms with Crippen LogP contribution in [0.25, 0.3) is 5.69 Å². The smallest absolute Gasteiger partial charge is 0.241 e. The number of rotatable bonds is 3. The van der Waals surface area contributed by atoms with Gasteiger partial charge in [0.2, 0.25) is 5.91 Å². The summed E-state index contributed by atoms with van der Waals surface area (Å²) in [5, 5.41) is 17.3. The number of hydrogen-bond acceptors (Lipinski definition) is 5. The van der Waals surface area contributed by atoms with Crippen molar-refractivity contribution in [2.75, 3.05) is 11.9 Å². The number of amides is 1. The van der Waals surface area contributed by atoms with Gasteiger partial charge < -0.3 is 10.6 Å². The molecule has 1 atom stereocenters. The predicted octanol–water partition coefficient (Wildman–Crippen LogP) is 1.05. The van der Waals surface area contributed by atoms with Crippen molar-refractivity contribution < 1.29 is 4.79 Å². The van der Waals surface area contributed by atoms with Crippen LogP contribution >= 0.6 is 0 Å². The van der Waals surface area contributed by atoms with Crippen molar-refractivity contribution in [1.82, 2.24) is 25.5 Å². The summed E-state index contributed by atoms with van der Waals surface area (Å²) in [7, 11) is 0. The first-order valence-corrected chi connectivity index (χ1v) is 7.12. The fourth-order valence-corrected chi connectivity index (χ4v) is 2.46. The number of hydrogen-bond donors (Lipinski definition) is 2. The topological polar surface area (TPSA) is 84.7 Å². The summed E-state index contributed by atoms with van der Waals surface area (Å²) in [6, 6.07) is 5.64. The van der Waals surface area contributed by atoms with Gasteiger partial charge in [0.05, 0.1) is 11.7 Å².